The Morgan fingerprint density at radius 2 is 2.40 bits per heavy atom. The van der Waals surface area contributed by atoms with Crippen molar-refractivity contribution >= 4 is 32.9 Å². The number of aliphatic imine (C=N–C) groups is 1. The molecule has 0 radical (unpaired) electrons. The first-order chi connectivity index (χ1) is 7.27. The number of nitrogens with zero attached hydrogens (tertiary/aromatic N) is 1. The van der Waals surface area contributed by atoms with Gasteiger partial charge >= 0.3 is 0 Å². The molecule has 80 valence electrons. The first kappa shape index (κ1) is 11.0. The molecule has 1 aromatic rings. The molecule has 0 saturated heterocycles. The second-order valence-electron chi connectivity index (χ2n) is 3.10. The van der Waals surface area contributed by atoms with E-state index in [0.717, 1.165) is 17.5 Å². The van der Waals surface area contributed by atoms with Crippen LogP contribution < -0.4 is 5.32 Å². The van der Waals surface area contributed by atoms with Gasteiger partial charge in [0.1, 0.15) is 5.82 Å². The van der Waals surface area contributed by atoms with Gasteiger partial charge in [-0.2, -0.15) is 0 Å². The first-order valence-electron chi connectivity index (χ1n) is 4.61. The van der Waals surface area contributed by atoms with Crippen LogP contribution in [-0.4, -0.2) is 17.5 Å². The van der Waals surface area contributed by atoms with E-state index in [9.17, 15) is 4.39 Å². The molecule has 2 nitrogen and oxygen atoms in total. The maximum absolute atomic E-state index is 13.5. The Balaban J connectivity index is 2.01. The molecule has 1 aromatic carbocycles. The Bertz CT molecular complexity index is 395. The van der Waals surface area contributed by atoms with Crippen molar-refractivity contribution in [3.05, 3.63) is 34.1 Å². The highest BCUT2D eigenvalue weighted by molar-refractivity contribution is 9.10. The number of hydrogen-bond donors (Lipinski definition) is 1. The van der Waals surface area contributed by atoms with Gasteiger partial charge < -0.3 is 5.32 Å². The smallest absolute Gasteiger partial charge is 0.156 e. The average Bonchev–Trinajstić information content (AvgIpc) is 2.73. The Morgan fingerprint density at radius 1 is 1.53 bits per heavy atom. The zero-order chi connectivity index (χ0) is 10.7. The molecule has 0 amide bonds. The lowest BCUT2D eigenvalue weighted by Crippen LogP contribution is -2.18. The molecule has 0 atom stereocenters. The van der Waals surface area contributed by atoms with E-state index in [1.807, 2.05) is 6.07 Å². The van der Waals surface area contributed by atoms with E-state index in [-0.39, 0.29) is 5.82 Å². The Morgan fingerprint density at radius 3 is 3.13 bits per heavy atom. The average molecular weight is 289 g/mol. The van der Waals surface area contributed by atoms with Gasteiger partial charge in [-0.25, -0.2) is 4.39 Å². The molecule has 0 saturated carbocycles. The summed E-state index contributed by atoms with van der Waals surface area (Å²) in [6.07, 6.45) is 0. The zero-order valence-corrected chi connectivity index (χ0v) is 10.4. The summed E-state index contributed by atoms with van der Waals surface area (Å²) in [5.74, 6) is 0.817. The van der Waals surface area contributed by atoms with Crippen molar-refractivity contribution in [3.63, 3.8) is 0 Å². The summed E-state index contributed by atoms with van der Waals surface area (Å²) in [4.78, 5) is 4.24. The van der Waals surface area contributed by atoms with Crippen LogP contribution in [0.4, 0.5) is 4.39 Å². The van der Waals surface area contributed by atoms with Gasteiger partial charge in [-0.3, -0.25) is 4.99 Å². The lowest BCUT2D eigenvalue weighted by Gasteiger charge is -2.06. The predicted octanol–water partition coefficient (Wildman–Crippen LogP) is 2.78. The summed E-state index contributed by atoms with van der Waals surface area (Å²) < 4.78 is 14.0. The summed E-state index contributed by atoms with van der Waals surface area (Å²) in [7, 11) is 0. The molecule has 15 heavy (non-hydrogen) atoms. The third kappa shape index (κ3) is 2.72. The van der Waals surface area contributed by atoms with Gasteiger partial charge in [-0.05, 0) is 22.0 Å². The van der Waals surface area contributed by atoms with Crippen molar-refractivity contribution in [2.75, 3.05) is 12.3 Å². The fourth-order valence-corrected chi connectivity index (χ4v) is 2.44. The van der Waals surface area contributed by atoms with E-state index in [0.29, 0.717) is 16.6 Å². The van der Waals surface area contributed by atoms with E-state index in [1.165, 1.54) is 0 Å². The summed E-state index contributed by atoms with van der Waals surface area (Å²) >= 11 is 4.84. The van der Waals surface area contributed by atoms with Crippen LogP contribution >= 0.6 is 27.7 Å². The molecule has 2 rings (SSSR count). The highest BCUT2D eigenvalue weighted by atomic mass is 79.9. The molecule has 0 fully saturated rings. The second kappa shape index (κ2) is 4.99. The monoisotopic (exact) mass is 288 g/mol. The van der Waals surface area contributed by atoms with Gasteiger partial charge in [0.25, 0.3) is 0 Å². The molecule has 5 heteroatoms. The van der Waals surface area contributed by atoms with Crippen LogP contribution in [-0.2, 0) is 6.54 Å². The van der Waals surface area contributed by atoms with E-state index in [4.69, 9.17) is 0 Å². The Hall–Kier alpha value is -0.550. The number of halogens is 2. The molecule has 0 aliphatic carbocycles. The van der Waals surface area contributed by atoms with Crippen LogP contribution in [0.5, 0.6) is 0 Å². The summed E-state index contributed by atoms with van der Waals surface area (Å²) in [5, 5.41) is 4.03. The zero-order valence-electron chi connectivity index (χ0n) is 7.96. The van der Waals surface area contributed by atoms with Crippen molar-refractivity contribution in [2.45, 2.75) is 6.54 Å². The van der Waals surface area contributed by atoms with Gasteiger partial charge in [-0.1, -0.05) is 23.9 Å². The molecule has 0 aromatic heterocycles. The predicted molar refractivity (Wildman–Crippen MR) is 65.7 cm³/mol. The number of amidine groups is 1. The van der Waals surface area contributed by atoms with Crippen molar-refractivity contribution in [2.24, 2.45) is 4.99 Å². The largest absolute Gasteiger partial charge is 0.361 e. The molecule has 0 unspecified atom stereocenters. The number of rotatable bonds is 2. The van der Waals surface area contributed by atoms with Crippen LogP contribution in [0.15, 0.2) is 27.7 Å². The van der Waals surface area contributed by atoms with E-state index < -0.39 is 0 Å². The maximum Gasteiger partial charge on any atom is 0.156 e. The van der Waals surface area contributed by atoms with Gasteiger partial charge in [0.2, 0.25) is 0 Å². The van der Waals surface area contributed by atoms with Gasteiger partial charge in [0, 0.05) is 17.9 Å². The second-order valence-corrected chi connectivity index (χ2v) is 5.04. The van der Waals surface area contributed by atoms with Gasteiger partial charge in [0.15, 0.2) is 5.17 Å². The molecule has 1 N–H and O–H groups in total. The fourth-order valence-electron chi connectivity index (χ4n) is 1.30. The van der Waals surface area contributed by atoms with E-state index in [2.05, 4.69) is 26.2 Å². The minimum absolute atomic E-state index is 0.200. The normalized spacial score (nSPS) is 15.2. The Labute approximate surface area is 100 Å². The van der Waals surface area contributed by atoms with Crippen LogP contribution in [0.25, 0.3) is 0 Å². The minimum atomic E-state index is -0.200. The van der Waals surface area contributed by atoms with Gasteiger partial charge in [-0.15, -0.1) is 0 Å². The van der Waals surface area contributed by atoms with Crippen molar-refractivity contribution in [3.8, 4) is 0 Å². The SMILES string of the molecule is Fc1c(Br)cccc1CNC1=NCCS1. The molecule has 0 spiro atoms. The lowest BCUT2D eigenvalue weighted by molar-refractivity contribution is 0.600. The van der Waals surface area contributed by atoms with Crippen LogP contribution in [0.1, 0.15) is 5.56 Å². The quantitative estimate of drug-likeness (QED) is 0.905. The number of nitrogens with one attached hydrogen (secondary N) is 1. The Kier molecular flexibility index (Phi) is 3.64. The highest BCUT2D eigenvalue weighted by Gasteiger charge is 2.09. The number of thioether (sulfide) groups is 1. The van der Waals surface area contributed by atoms with Gasteiger partial charge in [0.05, 0.1) is 11.0 Å². The molecular weight excluding hydrogens is 279 g/mol. The molecular formula is C10H10BrFN2S. The van der Waals surface area contributed by atoms with Crippen molar-refractivity contribution in [1.29, 1.82) is 0 Å². The third-order valence-electron chi connectivity index (χ3n) is 2.05. The minimum Gasteiger partial charge on any atom is -0.361 e. The summed E-state index contributed by atoms with van der Waals surface area (Å²) in [6.45, 7) is 1.34. The molecule has 0 bridgehead atoms. The number of hydrogen-bond acceptors (Lipinski definition) is 3. The molecule has 1 heterocycles. The van der Waals surface area contributed by atoms with Crippen molar-refractivity contribution < 1.29 is 4.39 Å². The standard InChI is InChI=1S/C10H10BrFN2S/c11-8-3-1-2-7(9(8)12)6-14-10-13-4-5-15-10/h1-3H,4-6H2,(H,13,14). The topological polar surface area (TPSA) is 24.4 Å². The maximum atomic E-state index is 13.5. The van der Waals surface area contributed by atoms with Crippen molar-refractivity contribution in [1.82, 2.24) is 5.32 Å². The fraction of sp³-hybridized carbons (Fsp3) is 0.300. The highest BCUT2D eigenvalue weighted by Crippen LogP contribution is 2.19. The molecule has 1 aliphatic heterocycles. The third-order valence-corrected chi connectivity index (χ3v) is 3.59. The van der Waals surface area contributed by atoms with Crippen LogP contribution in [0, 0.1) is 5.82 Å². The van der Waals surface area contributed by atoms with Crippen LogP contribution in [0.3, 0.4) is 0 Å². The van der Waals surface area contributed by atoms with Crippen LogP contribution in [0.2, 0.25) is 0 Å². The molecule has 1 aliphatic rings. The van der Waals surface area contributed by atoms with E-state index in [1.54, 1.807) is 23.9 Å². The number of benzene rings is 1. The summed E-state index contributed by atoms with van der Waals surface area (Å²) in [6, 6.07) is 5.29. The lowest BCUT2D eigenvalue weighted by atomic mass is 10.2. The van der Waals surface area contributed by atoms with E-state index >= 15 is 0 Å². The summed E-state index contributed by atoms with van der Waals surface area (Å²) in [5.41, 5.74) is 0.652. The first-order valence-corrected chi connectivity index (χ1v) is 6.39.